The van der Waals surface area contributed by atoms with E-state index >= 15 is 0 Å². The Balaban J connectivity index is 1.25. The van der Waals surface area contributed by atoms with E-state index in [1.807, 2.05) is 12.1 Å². The van der Waals surface area contributed by atoms with Gasteiger partial charge in [-0.15, -0.1) is 0 Å². The van der Waals surface area contributed by atoms with E-state index in [1.165, 1.54) is 44.1 Å². The maximum atomic E-state index is 12.4. The summed E-state index contributed by atoms with van der Waals surface area (Å²) in [5.41, 5.74) is 2.22. The van der Waals surface area contributed by atoms with Crippen molar-refractivity contribution in [1.82, 2.24) is 5.32 Å². The van der Waals surface area contributed by atoms with Crippen LogP contribution in [0.1, 0.15) is 75.2 Å². The number of nitrogens with one attached hydrogen (secondary N) is 1. The molecule has 4 aliphatic carbocycles. The van der Waals surface area contributed by atoms with Crippen LogP contribution in [-0.4, -0.2) is 24.7 Å². The van der Waals surface area contributed by atoms with E-state index in [2.05, 4.69) is 38.2 Å². The lowest BCUT2D eigenvalue weighted by Crippen LogP contribution is -2.52. The van der Waals surface area contributed by atoms with Gasteiger partial charge in [0.15, 0.2) is 0 Å². The fourth-order valence-corrected chi connectivity index (χ4v) is 5.86. The van der Waals surface area contributed by atoms with E-state index in [-0.39, 0.29) is 16.9 Å². The normalized spacial score (nSPS) is 32.7. The Morgan fingerprint density at radius 2 is 1.58 bits per heavy atom. The maximum Gasteiger partial charge on any atom is 0.251 e. The van der Waals surface area contributed by atoms with Gasteiger partial charge >= 0.3 is 0 Å². The molecule has 1 N–H and O–H groups in total. The number of carbonyl (C=O) groups excluding carboxylic acids is 1. The molecule has 0 spiro atoms. The van der Waals surface area contributed by atoms with Crippen LogP contribution in [0.4, 0.5) is 0 Å². The first kappa shape index (κ1) is 18.0. The average molecular weight is 356 g/mol. The van der Waals surface area contributed by atoms with Gasteiger partial charge in [-0.1, -0.05) is 32.9 Å². The van der Waals surface area contributed by atoms with Crippen molar-refractivity contribution in [1.29, 1.82) is 0 Å². The lowest BCUT2D eigenvalue weighted by molar-refractivity contribution is -0.160. The van der Waals surface area contributed by atoms with Gasteiger partial charge in [0, 0.05) is 12.1 Å². The quantitative estimate of drug-likeness (QED) is 0.778. The van der Waals surface area contributed by atoms with E-state index in [0.717, 1.165) is 23.3 Å². The number of benzene rings is 1. The Bertz CT molecular complexity index is 620. The van der Waals surface area contributed by atoms with Crippen LogP contribution in [-0.2, 0) is 10.2 Å². The summed E-state index contributed by atoms with van der Waals surface area (Å²) in [5, 5.41) is 3.03. The smallest absolute Gasteiger partial charge is 0.251 e. The Morgan fingerprint density at radius 1 is 1.04 bits per heavy atom. The van der Waals surface area contributed by atoms with Gasteiger partial charge in [-0.05, 0) is 79.4 Å². The Labute approximate surface area is 157 Å². The third kappa shape index (κ3) is 3.69. The molecule has 0 saturated heterocycles. The molecule has 0 unspecified atom stereocenters. The molecule has 0 heterocycles. The first-order valence-electron chi connectivity index (χ1n) is 10.4. The van der Waals surface area contributed by atoms with Crippen molar-refractivity contribution in [2.45, 2.75) is 70.3 Å². The highest BCUT2D eigenvalue weighted by molar-refractivity contribution is 5.94. The highest BCUT2D eigenvalue weighted by Gasteiger charge is 2.51. The second-order valence-electron chi connectivity index (χ2n) is 10.0. The monoisotopic (exact) mass is 355 g/mol. The van der Waals surface area contributed by atoms with Crippen LogP contribution in [0.5, 0.6) is 0 Å². The van der Waals surface area contributed by atoms with Crippen molar-refractivity contribution in [2.75, 3.05) is 13.2 Å². The molecule has 5 rings (SSSR count). The van der Waals surface area contributed by atoms with E-state index in [9.17, 15) is 4.79 Å². The molecule has 4 saturated carbocycles. The average Bonchev–Trinajstić information content (AvgIpc) is 2.57. The zero-order valence-electron chi connectivity index (χ0n) is 16.5. The molecule has 1 amide bonds. The minimum atomic E-state index is -0.000397. The zero-order valence-corrected chi connectivity index (χ0v) is 16.5. The number of rotatable bonds is 5. The maximum absolute atomic E-state index is 12.4. The van der Waals surface area contributed by atoms with Crippen LogP contribution < -0.4 is 5.32 Å². The van der Waals surface area contributed by atoms with Crippen molar-refractivity contribution in [3.8, 4) is 0 Å². The van der Waals surface area contributed by atoms with Crippen molar-refractivity contribution >= 4 is 5.91 Å². The van der Waals surface area contributed by atoms with Crippen molar-refractivity contribution in [3.05, 3.63) is 35.4 Å². The summed E-state index contributed by atoms with van der Waals surface area (Å²) in [7, 11) is 0. The molecule has 0 atom stereocenters. The minimum absolute atomic E-state index is 0.000397. The molecule has 1 aromatic carbocycles. The van der Waals surface area contributed by atoms with Gasteiger partial charge in [0.25, 0.3) is 5.91 Å². The predicted molar refractivity (Wildman–Crippen MR) is 104 cm³/mol. The second kappa shape index (κ2) is 6.67. The third-order valence-corrected chi connectivity index (χ3v) is 6.79. The van der Waals surface area contributed by atoms with Gasteiger partial charge in [0.1, 0.15) is 0 Å². The molecule has 26 heavy (non-hydrogen) atoms. The molecule has 4 bridgehead atoms. The SMILES string of the molecule is CC(C)(C)c1ccc(C(=O)NCCOC23CC4CC(CC(C4)C2)C3)cc1. The highest BCUT2D eigenvalue weighted by atomic mass is 16.5. The molecule has 0 aliphatic heterocycles. The molecule has 4 aliphatic rings. The molecule has 142 valence electrons. The third-order valence-electron chi connectivity index (χ3n) is 6.79. The predicted octanol–water partition coefficient (Wildman–Crippen LogP) is 4.70. The first-order chi connectivity index (χ1) is 12.3. The van der Waals surface area contributed by atoms with Gasteiger partial charge in [0.2, 0.25) is 0 Å². The summed E-state index contributed by atoms with van der Waals surface area (Å²) >= 11 is 0. The molecule has 4 fully saturated rings. The molecule has 0 radical (unpaired) electrons. The Kier molecular flexibility index (Phi) is 4.63. The Morgan fingerprint density at radius 3 is 2.08 bits per heavy atom. The molecule has 3 nitrogen and oxygen atoms in total. The van der Waals surface area contributed by atoms with Crippen LogP contribution >= 0.6 is 0 Å². The topological polar surface area (TPSA) is 38.3 Å². The molecular formula is C23H33NO2. The molecule has 0 aromatic heterocycles. The largest absolute Gasteiger partial charge is 0.373 e. The highest BCUT2D eigenvalue weighted by Crippen LogP contribution is 2.57. The first-order valence-corrected chi connectivity index (χ1v) is 10.4. The summed E-state index contributed by atoms with van der Waals surface area (Å²) in [6.45, 7) is 7.79. The van der Waals surface area contributed by atoms with Crippen LogP contribution in [0.2, 0.25) is 0 Å². The number of hydrogen-bond acceptors (Lipinski definition) is 2. The fraction of sp³-hybridized carbons (Fsp3) is 0.696. The van der Waals surface area contributed by atoms with Crippen LogP contribution in [0, 0.1) is 17.8 Å². The Hall–Kier alpha value is -1.35. The van der Waals surface area contributed by atoms with E-state index in [1.54, 1.807) is 0 Å². The summed E-state index contributed by atoms with van der Waals surface area (Å²) < 4.78 is 6.38. The molecule has 3 heteroatoms. The second-order valence-corrected chi connectivity index (χ2v) is 10.0. The van der Waals surface area contributed by atoms with Gasteiger partial charge in [-0.3, -0.25) is 4.79 Å². The van der Waals surface area contributed by atoms with Crippen LogP contribution in [0.15, 0.2) is 24.3 Å². The molecular weight excluding hydrogens is 322 g/mol. The lowest BCUT2D eigenvalue weighted by atomic mass is 9.54. The van der Waals surface area contributed by atoms with E-state index < -0.39 is 0 Å². The van der Waals surface area contributed by atoms with Gasteiger partial charge in [0.05, 0.1) is 12.2 Å². The number of ether oxygens (including phenoxy) is 1. The van der Waals surface area contributed by atoms with Crippen molar-refractivity contribution < 1.29 is 9.53 Å². The number of amides is 1. The van der Waals surface area contributed by atoms with Crippen molar-refractivity contribution in [2.24, 2.45) is 17.8 Å². The van der Waals surface area contributed by atoms with E-state index in [4.69, 9.17) is 4.74 Å². The van der Waals surface area contributed by atoms with Crippen molar-refractivity contribution in [3.63, 3.8) is 0 Å². The number of hydrogen-bond donors (Lipinski definition) is 1. The lowest BCUT2D eigenvalue weighted by Gasteiger charge is -2.56. The van der Waals surface area contributed by atoms with Gasteiger partial charge in [-0.25, -0.2) is 0 Å². The van der Waals surface area contributed by atoms with Gasteiger partial charge < -0.3 is 10.1 Å². The molecule has 1 aromatic rings. The van der Waals surface area contributed by atoms with E-state index in [0.29, 0.717) is 13.2 Å². The van der Waals surface area contributed by atoms with Crippen LogP contribution in [0.3, 0.4) is 0 Å². The van der Waals surface area contributed by atoms with Gasteiger partial charge in [-0.2, -0.15) is 0 Å². The standard InChI is InChI=1S/C23H33NO2/c1-22(2,3)20-6-4-19(5-7-20)21(25)24-8-9-26-23-13-16-10-17(14-23)12-18(11-16)15-23/h4-7,16-18H,8-15H2,1-3H3,(H,24,25). The summed E-state index contributed by atoms with van der Waals surface area (Å²) in [6.07, 6.45) is 8.06. The van der Waals surface area contributed by atoms with Crippen LogP contribution in [0.25, 0.3) is 0 Å². The minimum Gasteiger partial charge on any atom is -0.373 e. The zero-order chi connectivity index (χ0) is 18.4. The summed E-state index contributed by atoms with van der Waals surface area (Å²) in [4.78, 5) is 12.4. The fourth-order valence-electron chi connectivity index (χ4n) is 5.86. The number of carbonyl (C=O) groups is 1. The summed E-state index contributed by atoms with van der Waals surface area (Å²) in [6, 6.07) is 7.97. The summed E-state index contributed by atoms with van der Waals surface area (Å²) in [5.74, 6) is 2.70.